The van der Waals surface area contributed by atoms with Crippen molar-refractivity contribution in [2.45, 2.75) is 44.4 Å². The van der Waals surface area contributed by atoms with Gasteiger partial charge in [-0.05, 0) is 54.9 Å². The van der Waals surface area contributed by atoms with Crippen LogP contribution < -0.4 is 0 Å². The Morgan fingerprint density at radius 3 is 2.56 bits per heavy atom. The van der Waals surface area contributed by atoms with Gasteiger partial charge in [0.25, 0.3) is 0 Å². The molecule has 1 aromatic rings. The van der Waals surface area contributed by atoms with Gasteiger partial charge in [-0.25, -0.2) is 4.79 Å². The van der Waals surface area contributed by atoms with Crippen molar-refractivity contribution in [2.75, 3.05) is 27.2 Å². The molecule has 1 aromatic carbocycles. The molecule has 0 N–H and O–H groups in total. The number of amides is 2. The summed E-state index contributed by atoms with van der Waals surface area (Å²) in [6.07, 6.45) is 6.17. The van der Waals surface area contributed by atoms with Gasteiger partial charge in [-0.2, -0.15) is 5.26 Å². The van der Waals surface area contributed by atoms with Gasteiger partial charge in [0.15, 0.2) is 0 Å². The number of benzene rings is 1. The maximum Gasteiger partial charge on any atom is 0.319 e. The minimum atomic E-state index is 0.0943. The average Bonchev–Trinajstić information content (AvgIpc) is 3.41. The number of piperidine rings is 1. The maximum absolute atomic E-state index is 12.1. The Labute approximate surface area is 151 Å². The van der Waals surface area contributed by atoms with Gasteiger partial charge in [-0.1, -0.05) is 30.3 Å². The molecule has 2 amide bonds. The van der Waals surface area contributed by atoms with Crippen molar-refractivity contribution in [3.8, 4) is 6.07 Å². The summed E-state index contributed by atoms with van der Waals surface area (Å²) < 4.78 is 0. The predicted molar refractivity (Wildman–Crippen MR) is 99.1 cm³/mol. The maximum atomic E-state index is 12.1. The molecule has 1 aliphatic heterocycles. The first kappa shape index (κ1) is 17.8. The van der Waals surface area contributed by atoms with Crippen LogP contribution in [0.5, 0.6) is 0 Å². The van der Waals surface area contributed by atoms with Crippen molar-refractivity contribution in [3.05, 3.63) is 35.9 Å². The van der Waals surface area contributed by atoms with Crippen LogP contribution in [0.15, 0.2) is 30.3 Å². The van der Waals surface area contributed by atoms with E-state index >= 15 is 0 Å². The van der Waals surface area contributed by atoms with Gasteiger partial charge in [0.1, 0.15) is 0 Å². The minimum absolute atomic E-state index is 0.0943. The van der Waals surface area contributed by atoms with Crippen molar-refractivity contribution in [1.29, 1.82) is 5.26 Å². The molecule has 0 aromatic heterocycles. The normalized spacial score (nSPS) is 24.4. The Morgan fingerprint density at radius 1 is 1.28 bits per heavy atom. The monoisotopic (exact) mass is 339 g/mol. The Morgan fingerprint density at radius 2 is 1.96 bits per heavy atom. The van der Waals surface area contributed by atoms with Crippen LogP contribution in [-0.4, -0.2) is 43.0 Å². The zero-order chi connectivity index (χ0) is 17.9. The number of carbonyl (C=O) groups excluding carboxylic acids is 1. The van der Waals surface area contributed by atoms with Crippen LogP contribution in [-0.2, 0) is 0 Å². The molecule has 2 atom stereocenters. The second-order valence-electron chi connectivity index (χ2n) is 8.05. The molecule has 134 valence electrons. The quantitative estimate of drug-likeness (QED) is 0.805. The van der Waals surface area contributed by atoms with Gasteiger partial charge in [-0.15, -0.1) is 0 Å². The molecule has 1 aliphatic carbocycles. The molecule has 2 unspecified atom stereocenters. The third-order valence-electron chi connectivity index (χ3n) is 6.13. The van der Waals surface area contributed by atoms with Crippen LogP contribution in [0.3, 0.4) is 0 Å². The summed E-state index contributed by atoms with van der Waals surface area (Å²) in [4.78, 5) is 15.7. The molecule has 0 radical (unpaired) electrons. The van der Waals surface area contributed by atoms with Crippen molar-refractivity contribution in [3.63, 3.8) is 0 Å². The van der Waals surface area contributed by atoms with E-state index in [4.69, 9.17) is 0 Å². The van der Waals surface area contributed by atoms with Crippen LogP contribution in [0.2, 0.25) is 0 Å². The number of nitriles is 1. The van der Waals surface area contributed by atoms with E-state index in [0.29, 0.717) is 6.42 Å². The van der Waals surface area contributed by atoms with Gasteiger partial charge in [0.05, 0.1) is 6.07 Å². The molecule has 4 nitrogen and oxygen atoms in total. The van der Waals surface area contributed by atoms with Crippen LogP contribution >= 0.6 is 0 Å². The highest BCUT2D eigenvalue weighted by Crippen LogP contribution is 2.52. The van der Waals surface area contributed by atoms with Crippen molar-refractivity contribution < 1.29 is 4.79 Å². The number of urea groups is 1. The Hall–Kier alpha value is -2.02. The van der Waals surface area contributed by atoms with E-state index < -0.39 is 0 Å². The molecule has 0 spiro atoms. The number of rotatable bonds is 5. The number of carbonyl (C=O) groups is 1. The van der Waals surface area contributed by atoms with Gasteiger partial charge in [0.2, 0.25) is 0 Å². The Kier molecular flexibility index (Phi) is 5.32. The second-order valence-corrected chi connectivity index (χ2v) is 8.05. The predicted octanol–water partition coefficient (Wildman–Crippen LogP) is 4.25. The molecule has 2 aliphatic rings. The van der Waals surface area contributed by atoms with E-state index in [0.717, 1.165) is 44.2 Å². The van der Waals surface area contributed by atoms with Crippen LogP contribution in [0, 0.1) is 22.7 Å². The summed E-state index contributed by atoms with van der Waals surface area (Å²) in [5, 5.41) is 9.32. The van der Waals surface area contributed by atoms with Crippen LogP contribution in [0.4, 0.5) is 4.79 Å². The Bertz CT molecular complexity index is 626. The van der Waals surface area contributed by atoms with Crippen molar-refractivity contribution in [1.82, 2.24) is 9.80 Å². The fourth-order valence-corrected chi connectivity index (χ4v) is 4.30. The highest BCUT2D eigenvalue weighted by atomic mass is 16.2. The van der Waals surface area contributed by atoms with E-state index in [1.165, 1.54) is 18.4 Å². The van der Waals surface area contributed by atoms with E-state index in [2.05, 4.69) is 36.4 Å². The second kappa shape index (κ2) is 7.47. The van der Waals surface area contributed by atoms with Gasteiger partial charge < -0.3 is 9.80 Å². The van der Waals surface area contributed by atoms with E-state index in [9.17, 15) is 10.1 Å². The molecule has 1 saturated heterocycles. The molecular formula is C21H29N3O. The molecule has 1 saturated carbocycles. The average molecular weight is 339 g/mol. The highest BCUT2D eigenvalue weighted by Gasteiger charge is 2.41. The molecule has 4 heteroatoms. The van der Waals surface area contributed by atoms with Crippen molar-refractivity contribution in [2.24, 2.45) is 11.3 Å². The zero-order valence-corrected chi connectivity index (χ0v) is 15.4. The van der Waals surface area contributed by atoms with Gasteiger partial charge in [-0.3, -0.25) is 0 Å². The first-order valence-electron chi connectivity index (χ1n) is 9.43. The van der Waals surface area contributed by atoms with E-state index in [1.807, 2.05) is 4.90 Å². The van der Waals surface area contributed by atoms with E-state index in [1.54, 1.807) is 19.0 Å². The first-order valence-corrected chi connectivity index (χ1v) is 9.43. The topological polar surface area (TPSA) is 47.3 Å². The minimum Gasteiger partial charge on any atom is -0.331 e. The summed E-state index contributed by atoms with van der Waals surface area (Å²) in [6.45, 7) is 1.57. The standard InChI is InChI=1S/C21H29N3O/c1-23(2)20(25)24-14-11-21(10-13-22,12-15-24)9-8-18-16-19(18)17-6-4-3-5-7-17/h3-7,18-19H,8-12,14-16H2,1-2H3. The summed E-state index contributed by atoms with van der Waals surface area (Å²) >= 11 is 0. The lowest BCUT2D eigenvalue weighted by Crippen LogP contribution is -2.47. The zero-order valence-electron chi connectivity index (χ0n) is 15.4. The summed E-state index contributed by atoms with van der Waals surface area (Å²) in [7, 11) is 3.60. The molecule has 0 bridgehead atoms. The lowest BCUT2D eigenvalue weighted by atomic mass is 9.72. The summed E-state index contributed by atoms with van der Waals surface area (Å²) in [5.41, 5.74) is 1.58. The third kappa shape index (κ3) is 4.15. The number of nitrogens with zero attached hydrogens (tertiary/aromatic N) is 3. The lowest BCUT2D eigenvalue weighted by Gasteiger charge is -2.41. The fourth-order valence-electron chi connectivity index (χ4n) is 4.30. The SMILES string of the molecule is CN(C)C(=O)N1CCC(CC#N)(CCC2CC2c2ccccc2)CC1. The molecule has 3 rings (SSSR count). The Balaban J connectivity index is 1.53. The molecule has 2 fully saturated rings. The molecule has 1 heterocycles. The number of hydrogen-bond acceptors (Lipinski definition) is 2. The number of likely N-dealkylation sites (tertiary alicyclic amines) is 1. The van der Waals surface area contributed by atoms with Crippen molar-refractivity contribution >= 4 is 6.03 Å². The lowest BCUT2D eigenvalue weighted by molar-refractivity contribution is 0.0968. The van der Waals surface area contributed by atoms with Gasteiger partial charge in [0, 0.05) is 33.6 Å². The first-order chi connectivity index (χ1) is 12.0. The third-order valence-corrected chi connectivity index (χ3v) is 6.13. The smallest absolute Gasteiger partial charge is 0.319 e. The fraction of sp³-hybridized carbons (Fsp3) is 0.619. The highest BCUT2D eigenvalue weighted by molar-refractivity contribution is 5.73. The van der Waals surface area contributed by atoms with Crippen LogP contribution in [0.1, 0.15) is 50.0 Å². The largest absolute Gasteiger partial charge is 0.331 e. The van der Waals surface area contributed by atoms with E-state index in [-0.39, 0.29) is 11.4 Å². The number of hydrogen-bond donors (Lipinski definition) is 0. The van der Waals surface area contributed by atoms with Crippen LogP contribution in [0.25, 0.3) is 0 Å². The summed E-state index contributed by atoms with van der Waals surface area (Å²) in [6, 6.07) is 13.3. The molecule has 25 heavy (non-hydrogen) atoms. The van der Waals surface area contributed by atoms with Gasteiger partial charge >= 0.3 is 6.03 Å². The summed E-state index contributed by atoms with van der Waals surface area (Å²) in [5.74, 6) is 1.50. The molecular weight excluding hydrogens is 310 g/mol.